The van der Waals surface area contributed by atoms with Gasteiger partial charge in [0.25, 0.3) is 0 Å². The molecule has 1 unspecified atom stereocenters. The lowest BCUT2D eigenvalue weighted by Gasteiger charge is -2.35. The minimum atomic E-state index is -0.699. The number of anilines is 2. The van der Waals surface area contributed by atoms with Crippen molar-refractivity contribution in [2.24, 2.45) is 0 Å². The Balaban J connectivity index is 1.35. The number of nitrogens with one attached hydrogen (secondary N) is 2. The first-order valence-electron chi connectivity index (χ1n) is 11.3. The van der Waals surface area contributed by atoms with Gasteiger partial charge < -0.3 is 20.6 Å². The molecule has 7 nitrogen and oxygen atoms in total. The molecule has 2 aromatic rings. The molecule has 32 heavy (non-hydrogen) atoms. The Bertz CT molecular complexity index is 988. The molecule has 2 aromatic carbocycles. The highest BCUT2D eigenvalue weighted by Crippen LogP contribution is 2.37. The van der Waals surface area contributed by atoms with Crippen LogP contribution in [-0.4, -0.2) is 42.5 Å². The second kappa shape index (κ2) is 9.96. The highest BCUT2D eigenvalue weighted by molar-refractivity contribution is 6.39. The lowest BCUT2D eigenvalue weighted by molar-refractivity contribution is -0.136. The van der Waals surface area contributed by atoms with Gasteiger partial charge in [-0.15, -0.1) is 0 Å². The van der Waals surface area contributed by atoms with E-state index < -0.39 is 11.8 Å². The summed E-state index contributed by atoms with van der Waals surface area (Å²) >= 11 is 0. The third-order valence-electron chi connectivity index (χ3n) is 6.27. The summed E-state index contributed by atoms with van der Waals surface area (Å²) in [5.41, 5.74) is 4.79. The standard InChI is InChI=1S/C25H29N3O4/c29-14-11-18(17-5-2-1-3-6-17)10-12-26-24(31)25(32)27-21-15-19-7-4-13-28-22(30)9-8-20(16-21)23(19)28/h1-3,5-6,15-16,18,29H,4,7-14H2,(H,26,31)(H,27,32). The van der Waals surface area contributed by atoms with Gasteiger partial charge in [0.15, 0.2) is 0 Å². The third kappa shape index (κ3) is 4.83. The van der Waals surface area contributed by atoms with Crippen LogP contribution in [-0.2, 0) is 27.2 Å². The van der Waals surface area contributed by atoms with Crippen LogP contribution >= 0.6 is 0 Å². The maximum Gasteiger partial charge on any atom is 0.313 e. The van der Waals surface area contributed by atoms with Crippen molar-refractivity contribution in [3.05, 3.63) is 59.2 Å². The summed E-state index contributed by atoms with van der Waals surface area (Å²) in [6.45, 7) is 1.16. The van der Waals surface area contributed by atoms with Gasteiger partial charge in [-0.2, -0.15) is 0 Å². The largest absolute Gasteiger partial charge is 0.396 e. The normalized spacial score (nSPS) is 15.7. The van der Waals surface area contributed by atoms with E-state index in [0.717, 1.165) is 41.8 Å². The third-order valence-corrected chi connectivity index (χ3v) is 6.27. The van der Waals surface area contributed by atoms with Crippen LogP contribution in [0, 0.1) is 0 Å². The fraction of sp³-hybridized carbons (Fsp3) is 0.400. The SMILES string of the molecule is O=C(NCCC(CCO)c1ccccc1)C(=O)Nc1cc2c3c(c1)CCC(=O)N3CCC2. The van der Waals surface area contributed by atoms with E-state index in [4.69, 9.17) is 0 Å². The fourth-order valence-electron chi connectivity index (χ4n) is 4.71. The Morgan fingerprint density at radius 3 is 2.50 bits per heavy atom. The van der Waals surface area contributed by atoms with Gasteiger partial charge in [0.2, 0.25) is 5.91 Å². The lowest BCUT2D eigenvalue weighted by atomic mass is 9.91. The number of carbonyl (C=O) groups is 3. The number of hydrogen-bond donors (Lipinski definition) is 3. The molecule has 0 radical (unpaired) electrons. The molecule has 7 heteroatoms. The van der Waals surface area contributed by atoms with Gasteiger partial charge in [-0.05, 0) is 66.8 Å². The second-order valence-electron chi connectivity index (χ2n) is 8.41. The predicted octanol–water partition coefficient (Wildman–Crippen LogP) is 2.52. The zero-order valence-electron chi connectivity index (χ0n) is 18.1. The van der Waals surface area contributed by atoms with E-state index in [-0.39, 0.29) is 18.4 Å². The van der Waals surface area contributed by atoms with Crippen LogP contribution in [0.4, 0.5) is 11.4 Å². The summed E-state index contributed by atoms with van der Waals surface area (Å²) in [4.78, 5) is 38.8. The summed E-state index contributed by atoms with van der Waals surface area (Å²) in [5, 5.41) is 14.8. The minimum Gasteiger partial charge on any atom is -0.396 e. The molecule has 3 N–H and O–H groups in total. The van der Waals surface area contributed by atoms with Crippen molar-refractivity contribution in [2.45, 2.75) is 44.4 Å². The molecule has 1 atom stereocenters. The number of aliphatic hydroxyl groups excluding tert-OH is 1. The molecule has 2 aliphatic rings. The van der Waals surface area contributed by atoms with Crippen LogP contribution in [0.3, 0.4) is 0 Å². The molecule has 2 aliphatic heterocycles. The van der Waals surface area contributed by atoms with Crippen molar-refractivity contribution in [3.8, 4) is 0 Å². The van der Waals surface area contributed by atoms with Gasteiger partial charge in [-0.1, -0.05) is 30.3 Å². The summed E-state index contributed by atoms with van der Waals surface area (Å²) in [5.74, 6) is -1.10. The van der Waals surface area contributed by atoms with Crippen LogP contribution in [0.2, 0.25) is 0 Å². The first-order valence-corrected chi connectivity index (χ1v) is 11.3. The van der Waals surface area contributed by atoms with Crippen molar-refractivity contribution < 1.29 is 19.5 Å². The molecule has 2 heterocycles. The van der Waals surface area contributed by atoms with Crippen molar-refractivity contribution in [1.29, 1.82) is 0 Å². The maximum absolute atomic E-state index is 12.5. The Labute approximate surface area is 187 Å². The van der Waals surface area contributed by atoms with Gasteiger partial charge >= 0.3 is 11.8 Å². The van der Waals surface area contributed by atoms with Gasteiger partial charge in [-0.3, -0.25) is 14.4 Å². The number of aliphatic hydroxyl groups is 1. The molecule has 0 fully saturated rings. The number of hydrogen-bond acceptors (Lipinski definition) is 4. The summed E-state index contributed by atoms with van der Waals surface area (Å²) in [6, 6.07) is 13.6. The highest BCUT2D eigenvalue weighted by atomic mass is 16.3. The number of rotatable bonds is 7. The zero-order valence-corrected chi connectivity index (χ0v) is 18.1. The van der Waals surface area contributed by atoms with Gasteiger partial charge in [0.1, 0.15) is 0 Å². The van der Waals surface area contributed by atoms with Gasteiger partial charge in [0, 0.05) is 31.8 Å². The molecule has 0 bridgehead atoms. The average Bonchev–Trinajstić information content (AvgIpc) is 2.81. The fourth-order valence-corrected chi connectivity index (χ4v) is 4.71. The Kier molecular flexibility index (Phi) is 6.85. The van der Waals surface area contributed by atoms with E-state index in [0.29, 0.717) is 37.9 Å². The molecule has 0 saturated heterocycles. The Morgan fingerprint density at radius 1 is 1.00 bits per heavy atom. The quantitative estimate of drug-likeness (QED) is 0.582. The topological polar surface area (TPSA) is 98.7 Å². The number of aryl methyl sites for hydroxylation is 2. The molecule has 0 spiro atoms. The van der Waals surface area contributed by atoms with Crippen LogP contribution in [0.25, 0.3) is 0 Å². The van der Waals surface area contributed by atoms with E-state index in [2.05, 4.69) is 10.6 Å². The first-order chi connectivity index (χ1) is 15.6. The van der Waals surface area contributed by atoms with E-state index in [1.807, 2.05) is 47.4 Å². The van der Waals surface area contributed by atoms with E-state index in [1.165, 1.54) is 0 Å². The Morgan fingerprint density at radius 2 is 1.75 bits per heavy atom. The average molecular weight is 436 g/mol. The van der Waals surface area contributed by atoms with E-state index >= 15 is 0 Å². The Hall–Kier alpha value is -3.19. The number of carbonyl (C=O) groups excluding carboxylic acids is 3. The number of amides is 3. The summed E-state index contributed by atoms with van der Waals surface area (Å²) < 4.78 is 0. The second-order valence-corrected chi connectivity index (χ2v) is 8.41. The number of benzene rings is 2. The van der Waals surface area contributed by atoms with Crippen molar-refractivity contribution in [1.82, 2.24) is 5.32 Å². The lowest BCUT2D eigenvalue weighted by Crippen LogP contribution is -2.39. The molecular weight excluding hydrogens is 406 g/mol. The van der Waals surface area contributed by atoms with Crippen molar-refractivity contribution in [3.63, 3.8) is 0 Å². The van der Waals surface area contributed by atoms with Crippen LogP contribution in [0.1, 0.15) is 48.3 Å². The monoisotopic (exact) mass is 435 g/mol. The van der Waals surface area contributed by atoms with Gasteiger partial charge in [-0.25, -0.2) is 0 Å². The summed E-state index contributed by atoms with van der Waals surface area (Å²) in [6.07, 6.45) is 4.11. The highest BCUT2D eigenvalue weighted by Gasteiger charge is 2.30. The number of nitrogens with zero attached hydrogens (tertiary/aromatic N) is 1. The van der Waals surface area contributed by atoms with E-state index in [9.17, 15) is 19.5 Å². The smallest absolute Gasteiger partial charge is 0.313 e. The van der Waals surface area contributed by atoms with Crippen LogP contribution in [0.5, 0.6) is 0 Å². The summed E-state index contributed by atoms with van der Waals surface area (Å²) in [7, 11) is 0. The maximum atomic E-state index is 12.5. The predicted molar refractivity (Wildman–Crippen MR) is 123 cm³/mol. The molecule has 0 aromatic heterocycles. The van der Waals surface area contributed by atoms with Gasteiger partial charge in [0.05, 0.1) is 5.69 Å². The molecule has 0 saturated carbocycles. The molecule has 0 aliphatic carbocycles. The molecule has 168 valence electrons. The molecule has 4 rings (SSSR count). The molecule has 3 amide bonds. The van der Waals surface area contributed by atoms with E-state index in [1.54, 1.807) is 0 Å². The van der Waals surface area contributed by atoms with Crippen LogP contribution < -0.4 is 15.5 Å². The minimum absolute atomic E-state index is 0.0671. The van der Waals surface area contributed by atoms with Crippen LogP contribution in [0.15, 0.2) is 42.5 Å². The zero-order chi connectivity index (χ0) is 22.5. The van der Waals surface area contributed by atoms with Crippen molar-refractivity contribution in [2.75, 3.05) is 29.9 Å². The molecular formula is C25H29N3O4. The first kappa shape index (κ1) is 22.0. The van der Waals surface area contributed by atoms with Crippen molar-refractivity contribution >= 4 is 29.1 Å².